The van der Waals surface area contributed by atoms with E-state index in [0.29, 0.717) is 12.8 Å². The van der Waals surface area contributed by atoms with Crippen LogP contribution in [0.25, 0.3) is 0 Å². The molecule has 0 saturated carbocycles. The maximum absolute atomic E-state index is 10.9. The number of amides is 1. The number of hydrogen-bond acceptors (Lipinski definition) is 2. The monoisotopic (exact) mass is 185 g/mol. The lowest BCUT2D eigenvalue weighted by atomic mass is 9.75. The molecule has 0 aromatic rings. The van der Waals surface area contributed by atoms with Crippen LogP contribution in [0, 0.1) is 11.3 Å². The van der Waals surface area contributed by atoms with Gasteiger partial charge in [-0.1, -0.05) is 20.8 Å². The van der Waals surface area contributed by atoms with Crippen LogP contribution >= 0.6 is 0 Å². The quantitative estimate of drug-likeness (QED) is 0.705. The van der Waals surface area contributed by atoms with Gasteiger partial charge in [-0.05, 0) is 18.3 Å². The van der Waals surface area contributed by atoms with Crippen LogP contribution in [-0.2, 0) is 9.59 Å². The minimum atomic E-state index is -0.305. The topological polar surface area (TPSA) is 60.2 Å². The summed E-state index contributed by atoms with van der Waals surface area (Å²) in [5.74, 6) is 0.0444. The van der Waals surface area contributed by atoms with Crippen LogP contribution in [0.2, 0.25) is 0 Å². The number of Topliss-reactive ketones (excluding diaryl/α,β-unsaturated/α-hetero) is 1. The maximum atomic E-state index is 10.9. The van der Waals surface area contributed by atoms with Gasteiger partial charge in [0.25, 0.3) is 0 Å². The van der Waals surface area contributed by atoms with Gasteiger partial charge in [-0.3, -0.25) is 4.79 Å². The zero-order valence-electron chi connectivity index (χ0n) is 8.89. The van der Waals surface area contributed by atoms with E-state index >= 15 is 0 Å². The van der Waals surface area contributed by atoms with Gasteiger partial charge in [0.15, 0.2) is 0 Å². The molecule has 0 fully saturated rings. The average Bonchev–Trinajstić information content (AvgIpc) is 1.81. The summed E-state index contributed by atoms with van der Waals surface area (Å²) in [7, 11) is 0. The van der Waals surface area contributed by atoms with E-state index in [9.17, 15) is 9.59 Å². The Bertz CT molecular complexity index is 209. The molecule has 3 nitrogen and oxygen atoms in total. The predicted octanol–water partition coefficient (Wildman–Crippen LogP) is 1.50. The Morgan fingerprint density at radius 3 is 2.15 bits per heavy atom. The van der Waals surface area contributed by atoms with E-state index in [2.05, 4.69) is 0 Å². The number of hydrogen-bond donors (Lipinski definition) is 1. The van der Waals surface area contributed by atoms with Gasteiger partial charge < -0.3 is 10.5 Å². The first-order valence-corrected chi connectivity index (χ1v) is 4.53. The number of carbonyl (C=O) groups is 2. The highest BCUT2D eigenvalue weighted by molar-refractivity contribution is 5.76. The summed E-state index contributed by atoms with van der Waals surface area (Å²) in [5.41, 5.74) is 4.94. The minimum Gasteiger partial charge on any atom is -0.370 e. The number of nitrogens with two attached hydrogens (primary N) is 1. The Labute approximate surface area is 79.7 Å². The second-order valence-corrected chi connectivity index (χ2v) is 4.44. The Morgan fingerprint density at radius 1 is 1.38 bits per heavy atom. The molecule has 0 saturated heterocycles. The average molecular weight is 185 g/mol. The molecule has 0 radical (unpaired) electrons. The van der Waals surface area contributed by atoms with Crippen molar-refractivity contribution in [3.05, 3.63) is 0 Å². The molecule has 13 heavy (non-hydrogen) atoms. The van der Waals surface area contributed by atoms with Gasteiger partial charge in [0.05, 0.1) is 0 Å². The zero-order chi connectivity index (χ0) is 10.6. The standard InChI is InChI=1S/C10H19NO2/c1-7(5-8(2)12)10(3,4)6-9(11)13/h7H,5-6H2,1-4H3,(H2,11,13). The molecule has 0 aliphatic heterocycles. The Morgan fingerprint density at radius 2 is 1.85 bits per heavy atom. The molecule has 0 spiro atoms. The summed E-state index contributed by atoms with van der Waals surface area (Å²) < 4.78 is 0. The van der Waals surface area contributed by atoms with Crippen molar-refractivity contribution in [2.75, 3.05) is 0 Å². The van der Waals surface area contributed by atoms with Crippen molar-refractivity contribution < 1.29 is 9.59 Å². The van der Waals surface area contributed by atoms with Crippen LogP contribution in [0.15, 0.2) is 0 Å². The second kappa shape index (κ2) is 4.40. The predicted molar refractivity (Wildman–Crippen MR) is 52.1 cm³/mol. The lowest BCUT2D eigenvalue weighted by Crippen LogP contribution is -2.29. The van der Waals surface area contributed by atoms with E-state index in [1.807, 2.05) is 20.8 Å². The van der Waals surface area contributed by atoms with Crippen LogP contribution in [0.5, 0.6) is 0 Å². The molecule has 0 heterocycles. The summed E-state index contributed by atoms with van der Waals surface area (Å²) in [4.78, 5) is 21.6. The molecule has 3 heteroatoms. The van der Waals surface area contributed by atoms with Crippen molar-refractivity contribution in [2.45, 2.75) is 40.5 Å². The fraction of sp³-hybridized carbons (Fsp3) is 0.800. The first-order valence-electron chi connectivity index (χ1n) is 4.53. The van der Waals surface area contributed by atoms with E-state index in [1.165, 1.54) is 0 Å². The number of rotatable bonds is 5. The molecule has 0 aliphatic rings. The molecule has 0 bridgehead atoms. The molecule has 1 atom stereocenters. The number of ketones is 1. The smallest absolute Gasteiger partial charge is 0.217 e. The summed E-state index contributed by atoms with van der Waals surface area (Å²) in [6.07, 6.45) is 0.849. The zero-order valence-corrected chi connectivity index (χ0v) is 8.89. The van der Waals surface area contributed by atoms with Crippen molar-refractivity contribution in [1.29, 1.82) is 0 Å². The first-order chi connectivity index (χ1) is 5.75. The van der Waals surface area contributed by atoms with Crippen LogP contribution < -0.4 is 5.73 Å². The number of primary amides is 1. The van der Waals surface area contributed by atoms with Gasteiger partial charge in [-0.15, -0.1) is 0 Å². The van der Waals surface area contributed by atoms with Gasteiger partial charge in [0, 0.05) is 12.8 Å². The Hall–Kier alpha value is -0.860. The largest absolute Gasteiger partial charge is 0.370 e. The van der Waals surface area contributed by atoms with E-state index in [-0.39, 0.29) is 23.0 Å². The highest BCUT2D eigenvalue weighted by atomic mass is 16.1. The van der Waals surface area contributed by atoms with Gasteiger partial charge in [-0.25, -0.2) is 0 Å². The molecule has 0 aromatic heterocycles. The van der Waals surface area contributed by atoms with Gasteiger partial charge in [0.2, 0.25) is 5.91 Å². The van der Waals surface area contributed by atoms with Gasteiger partial charge in [0.1, 0.15) is 5.78 Å². The molecular weight excluding hydrogens is 166 g/mol. The first kappa shape index (κ1) is 12.1. The SMILES string of the molecule is CC(=O)CC(C)C(C)(C)CC(N)=O. The van der Waals surface area contributed by atoms with Crippen molar-refractivity contribution >= 4 is 11.7 Å². The maximum Gasteiger partial charge on any atom is 0.217 e. The van der Waals surface area contributed by atoms with Gasteiger partial charge >= 0.3 is 0 Å². The lowest BCUT2D eigenvalue weighted by molar-refractivity contribution is -0.123. The van der Waals surface area contributed by atoms with Crippen molar-refractivity contribution in [2.24, 2.45) is 17.1 Å². The summed E-state index contributed by atoms with van der Waals surface area (Å²) in [6, 6.07) is 0. The van der Waals surface area contributed by atoms with Crippen molar-refractivity contribution in [3.63, 3.8) is 0 Å². The molecule has 76 valence electrons. The third kappa shape index (κ3) is 4.65. The lowest BCUT2D eigenvalue weighted by Gasteiger charge is -2.29. The summed E-state index contributed by atoms with van der Waals surface area (Å²) in [6.45, 7) is 7.47. The van der Waals surface area contributed by atoms with Gasteiger partial charge in [-0.2, -0.15) is 0 Å². The van der Waals surface area contributed by atoms with Crippen LogP contribution in [0.1, 0.15) is 40.5 Å². The summed E-state index contributed by atoms with van der Waals surface area (Å²) >= 11 is 0. The van der Waals surface area contributed by atoms with E-state index in [1.54, 1.807) is 6.92 Å². The molecule has 1 unspecified atom stereocenters. The third-order valence-electron chi connectivity index (χ3n) is 2.56. The van der Waals surface area contributed by atoms with Crippen LogP contribution in [0.3, 0.4) is 0 Å². The van der Waals surface area contributed by atoms with E-state index < -0.39 is 0 Å². The highest BCUT2D eigenvalue weighted by Crippen LogP contribution is 2.32. The molecular formula is C10H19NO2. The minimum absolute atomic E-state index is 0.157. The Balaban J connectivity index is 4.25. The summed E-state index contributed by atoms with van der Waals surface area (Å²) in [5, 5.41) is 0. The molecule has 1 amide bonds. The normalized spacial score (nSPS) is 13.8. The van der Waals surface area contributed by atoms with Crippen LogP contribution in [0.4, 0.5) is 0 Å². The molecule has 0 aliphatic carbocycles. The molecule has 0 aromatic carbocycles. The van der Waals surface area contributed by atoms with E-state index in [4.69, 9.17) is 5.73 Å². The van der Waals surface area contributed by atoms with Crippen molar-refractivity contribution in [1.82, 2.24) is 0 Å². The van der Waals surface area contributed by atoms with E-state index in [0.717, 1.165) is 0 Å². The second-order valence-electron chi connectivity index (χ2n) is 4.44. The number of carbonyl (C=O) groups excluding carboxylic acids is 2. The molecule has 2 N–H and O–H groups in total. The fourth-order valence-electron chi connectivity index (χ4n) is 1.33. The van der Waals surface area contributed by atoms with Crippen molar-refractivity contribution in [3.8, 4) is 0 Å². The fourth-order valence-corrected chi connectivity index (χ4v) is 1.33. The Kier molecular flexibility index (Phi) is 4.11. The molecule has 0 rings (SSSR count). The third-order valence-corrected chi connectivity index (χ3v) is 2.56. The van der Waals surface area contributed by atoms with Crippen LogP contribution in [-0.4, -0.2) is 11.7 Å². The highest BCUT2D eigenvalue weighted by Gasteiger charge is 2.28.